The molecule has 0 saturated heterocycles. The number of nitrogens with zero attached hydrogens (tertiary/aromatic N) is 2. The quantitative estimate of drug-likeness (QED) is 0.432. The summed E-state index contributed by atoms with van der Waals surface area (Å²) in [5.41, 5.74) is 4.84. The summed E-state index contributed by atoms with van der Waals surface area (Å²) < 4.78 is 30.1. The minimum Gasteiger partial charge on any atom is -0.399 e. The predicted octanol–water partition coefficient (Wildman–Crippen LogP) is 0.996. The van der Waals surface area contributed by atoms with Gasteiger partial charge in [-0.05, 0) is 62.2 Å². The van der Waals surface area contributed by atoms with E-state index < -0.39 is 39.1 Å². The number of carbonyl (C=O) groups is 1. The smallest absolute Gasteiger partial charge is 0.331 e. The molecule has 0 radical (unpaired) electrons. The SMILES string of the molecule is Cn1c(=O)n(CC(=O)c2ccc(N)cc2)c(=O)c2cc(S(=O)(=O)NC3(C)CC3)ccc21. The van der Waals surface area contributed by atoms with E-state index in [9.17, 15) is 22.8 Å². The van der Waals surface area contributed by atoms with Gasteiger partial charge in [0.15, 0.2) is 5.78 Å². The monoisotopic (exact) mass is 442 g/mol. The normalized spacial score (nSPS) is 15.2. The summed E-state index contributed by atoms with van der Waals surface area (Å²) in [5, 5.41) is 0.0380. The van der Waals surface area contributed by atoms with Crippen molar-refractivity contribution in [2.75, 3.05) is 5.73 Å². The van der Waals surface area contributed by atoms with E-state index in [1.54, 1.807) is 12.1 Å². The Morgan fingerprint density at radius 3 is 2.39 bits per heavy atom. The number of anilines is 1. The number of nitrogens with two attached hydrogens (primary N) is 1. The van der Waals surface area contributed by atoms with Crippen molar-refractivity contribution in [3.05, 3.63) is 68.9 Å². The van der Waals surface area contributed by atoms with Gasteiger partial charge in [-0.2, -0.15) is 0 Å². The van der Waals surface area contributed by atoms with Gasteiger partial charge in [-0.3, -0.25) is 18.7 Å². The molecule has 0 amide bonds. The van der Waals surface area contributed by atoms with E-state index >= 15 is 0 Å². The summed E-state index contributed by atoms with van der Waals surface area (Å²) in [4.78, 5) is 38.3. The summed E-state index contributed by atoms with van der Waals surface area (Å²) in [6, 6.07) is 10.2. The van der Waals surface area contributed by atoms with Crippen LogP contribution in [0.25, 0.3) is 10.9 Å². The molecule has 3 N–H and O–H groups in total. The van der Waals surface area contributed by atoms with Crippen LogP contribution in [0.2, 0.25) is 0 Å². The van der Waals surface area contributed by atoms with Crippen LogP contribution >= 0.6 is 0 Å². The summed E-state index contributed by atoms with van der Waals surface area (Å²) in [6.45, 7) is 1.34. The first-order valence-electron chi connectivity index (χ1n) is 9.67. The highest BCUT2D eigenvalue weighted by molar-refractivity contribution is 7.89. The summed E-state index contributed by atoms with van der Waals surface area (Å²) in [6.07, 6.45) is 1.49. The second kappa shape index (κ2) is 7.17. The van der Waals surface area contributed by atoms with E-state index in [1.807, 2.05) is 6.92 Å². The Bertz CT molecular complexity index is 1430. The molecule has 0 aliphatic heterocycles. The van der Waals surface area contributed by atoms with E-state index in [-0.39, 0.29) is 15.8 Å². The van der Waals surface area contributed by atoms with Crippen LogP contribution in [0.5, 0.6) is 0 Å². The molecular formula is C21H22N4O5S. The lowest BCUT2D eigenvalue weighted by atomic mass is 10.1. The first kappa shape index (κ1) is 21.0. The van der Waals surface area contributed by atoms with Crippen LogP contribution in [0.1, 0.15) is 30.1 Å². The van der Waals surface area contributed by atoms with Gasteiger partial charge >= 0.3 is 5.69 Å². The van der Waals surface area contributed by atoms with Gasteiger partial charge < -0.3 is 5.73 Å². The molecule has 0 spiro atoms. The second-order valence-electron chi connectivity index (χ2n) is 8.12. The standard InChI is InChI=1S/C21H22N4O5S/c1-21(9-10-21)23-31(29,30)15-7-8-17-16(11-15)19(27)25(20(28)24(17)2)12-18(26)13-3-5-14(22)6-4-13/h3-8,11,23H,9-10,12,22H2,1-2H3. The number of carbonyl (C=O) groups excluding carboxylic acids is 1. The molecule has 9 nitrogen and oxygen atoms in total. The molecule has 1 aliphatic carbocycles. The fourth-order valence-electron chi connectivity index (χ4n) is 3.38. The largest absolute Gasteiger partial charge is 0.399 e. The molecule has 0 unspecified atom stereocenters. The number of aryl methyl sites for hydroxylation is 1. The molecule has 3 aromatic rings. The molecular weight excluding hydrogens is 420 g/mol. The average molecular weight is 442 g/mol. The molecule has 0 atom stereocenters. The average Bonchev–Trinajstić information content (AvgIpc) is 3.45. The number of hydrogen-bond acceptors (Lipinski definition) is 6. The number of benzene rings is 2. The Balaban J connectivity index is 1.79. The lowest BCUT2D eigenvalue weighted by Crippen LogP contribution is -2.41. The molecule has 2 aromatic carbocycles. The summed E-state index contributed by atoms with van der Waals surface area (Å²) in [7, 11) is -2.37. The van der Waals surface area contributed by atoms with E-state index in [0.717, 1.165) is 17.4 Å². The summed E-state index contributed by atoms with van der Waals surface area (Å²) >= 11 is 0. The van der Waals surface area contributed by atoms with Crippen molar-refractivity contribution in [1.82, 2.24) is 13.9 Å². The van der Waals surface area contributed by atoms with Crippen LogP contribution in [0.3, 0.4) is 0 Å². The van der Waals surface area contributed by atoms with Crippen molar-refractivity contribution in [2.45, 2.75) is 36.7 Å². The topological polar surface area (TPSA) is 133 Å². The number of nitrogen functional groups attached to an aromatic ring is 1. The Kier molecular flexibility index (Phi) is 4.86. The first-order chi connectivity index (χ1) is 14.5. The van der Waals surface area contributed by atoms with Gasteiger partial charge in [-0.15, -0.1) is 0 Å². The second-order valence-corrected chi connectivity index (χ2v) is 9.81. The van der Waals surface area contributed by atoms with Crippen molar-refractivity contribution in [3.63, 3.8) is 0 Å². The van der Waals surface area contributed by atoms with E-state index in [4.69, 9.17) is 5.73 Å². The fraction of sp³-hybridized carbons (Fsp3) is 0.286. The number of rotatable bonds is 6. The maximum absolute atomic E-state index is 13.1. The van der Waals surface area contributed by atoms with Gasteiger partial charge in [-0.25, -0.2) is 17.9 Å². The van der Waals surface area contributed by atoms with E-state index in [1.165, 1.54) is 41.9 Å². The minimum atomic E-state index is -3.83. The van der Waals surface area contributed by atoms with E-state index in [0.29, 0.717) is 11.3 Å². The highest BCUT2D eigenvalue weighted by Gasteiger charge is 2.41. The molecule has 1 aromatic heterocycles. The maximum atomic E-state index is 13.1. The van der Waals surface area contributed by atoms with E-state index in [2.05, 4.69) is 4.72 Å². The third-order valence-corrected chi connectivity index (χ3v) is 7.18. The number of Topliss-reactive ketones (excluding diaryl/α,β-unsaturated/α-hetero) is 1. The van der Waals surface area contributed by atoms with Crippen LogP contribution in [-0.2, 0) is 23.6 Å². The zero-order chi connectivity index (χ0) is 22.6. The third kappa shape index (κ3) is 3.91. The molecule has 1 saturated carbocycles. The number of sulfonamides is 1. The molecule has 162 valence electrons. The zero-order valence-corrected chi connectivity index (χ0v) is 17.9. The minimum absolute atomic E-state index is 0.0380. The fourth-order valence-corrected chi connectivity index (χ4v) is 4.87. The van der Waals surface area contributed by atoms with Gasteiger partial charge in [0.25, 0.3) is 5.56 Å². The first-order valence-corrected chi connectivity index (χ1v) is 11.2. The highest BCUT2D eigenvalue weighted by atomic mass is 32.2. The maximum Gasteiger partial charge on any atom is 0.331 e. The van der Waals surface area contributed by atoms with Crippen LogP contribution in [-0.4, -0.2) is 28.9 Å². The number of nitrogens with one attached hydrogen (secondary N) is 1. The molecule has 1 fully saturated rings. The van der Waals surface area contributed by atoms with Crippen LogP contribution in [0.15, 0.2) is 56.9 Å². The van der Waals surface area contributed by atoms with Crippen LogP contribution in [0.4, 0.5) is 5.69 Å². The Labute approximate surface area is 178 Å². The van der Waals surface area contributed by atoms with Crippen molar-refractivity contribution < 1.29 is 13.2 Å². The molecule has 10 heteroatoms. The third-order valence-electron chi connectivity index (χ3n) is 5.55. The zero-order valence-electron chi connectivity index (χ0n) is 17.1. The molecule has 1 aliphatic rings. The van der Waals surface area contributed by atoms with Gasteiger partial charge in [0.05, 0.1) is 22.3 Å². The lowest BCUT2D eigenvalue weighted by Gasteiger charge is -2.14. The van der Waals surface area contributed by atoms with Gasteiger partial charge in [0.2, 0.25) is 10.0 Å². The van der Waals surface area contributed by atoms with Crippen LogP contribution < -0.4 is 21.7 Å². The van der Waals surface area contributed by atoms with Crippen molar-refractivity contribution in [3.8, 4) is 0 Å². The molecule has 1 heterocycles. The lowest BCUT2D eigenvalue weighted by molar-refractivity contribution is 0.0969. The predicted molar refractivity (Wildman–Crippen MR) is 117 cm³/mol. The van der Waals surface area contributed by atoms with Crippen molar-refractivity contribution in [2.24, 2.45) is 7.05 Å². The number of fused-ring (bicyclic) bond motifs is 1. The Morgan fingerprint density at radius 2 is 1.77 bits per heavy atom. The Morgan fingerprint density at radius 1 is 1.13 bits per heavy atom. The highest BCUT2D eigenvalue weighted by Crippen LogP contribution is 2.36. The number of ketones is 1. The molecule has 0 bridgehead atoms. The summed E-state index contributed by atoms with van der Waals surface area (Å²) in [5.74, 6) is -0.439. The van der Waals surface area contributed by atoms with Crippen molar-refractivity contribution >= 4 is 32.4 Å². The van der Waals surface area contributed by atoms with Crippen LogP contribution in [0, 0.1) is 0 Å². The molecule has 31 heavy (non-hydrogen) atoms. The van der Waals surface area contributed by atoms with Crippen molar-refractivity contribution in [1.29, 1.82) is 0 Å². The van der Waals surface area contributed by atoms with Gasteiger partial charge in [-0.1, -0.05) is 0 Å². The van der Waals surface area contributed by atoms with Gasteiger partial charge in [0.1, 0.15) is 0 Å². The van der Waals surface area contributed by atoms with Gasteiger partial charge in [0, 0.05) is 23.8 Å². The molecule has 4 rings (SSSR count). The number of aromatic nitrogens is 2. The Hall–Kier alpha value is -3.24. The number of hydrogen-bond donors (Lipinski definition) is 2.